The number of benzene rings is 3. The third-order valence-electron chi connectivity index (χ3n) is 5.97. The van der Waals surface area contributed by atoms with Crippen molar-refractivity contribution in [1.29, 1.82) is 0 Å². The molecule has 0 atom stereocenters. The van der Waals surface area contributed by atoms with Crippen LogP contribution >= 0.6 is 0 Å². The van der Waals surface area contributed by atoms with Crippen LogP contribution in [-0.2, 0) is 4.74 Å². The van der Waals surface area contributed by atoms with Gasteiger partial charge in [0, 0.05) is 29.7 Å². The van der Waals surface area contributed by atoms with E-state index in [0.717, 1.165) is 46.5 Å². The topological polar surface area (TPSA) is 79.9 Å². The number of aromatic nitrogens is 2. The molecule has 0 bridgehead atoms. The molecule has 0 unspecified atom stereocenters. The van der Waals surface area contributed by atoms with Crippen LogP contribution in [0.3, 0.4) is 0 Å². The van der Waals surface area contributed by atoms with Crippen LogP contribution in [0, 0.1) is 6.92 Å². The third kappa shape index (κ3) is 3.99. The Bertz CT molecular complexity index is 1400. The van der Waals surface area contributed by atoms with E-state index in [0.29, 0.717) is 24.3 Å². The maximum absolute atomic E-state index is 13.5. The molecule has 1 aromatic heterocycles. The van der Waals surface area contributed by atoms with Gasteiger partial charge in [0.25, 0.3) is 5.56 Å². The Morgan fingerprint density at radius 1 is 1.00 bits per heavy atom. The maximum Gasteiger partial charge on any atom is 0.279 e. The number of nitrogens with zero attached hydrogens (tertiary/aromatic N) is 4. The molecule has 7 nitrogen and oxygen atoms in total. The summed E-state index contributed by atoms with van der Waals surface area (Å²) in [7, 11) is 0. The number of hydrogen-bond donors (Lipinski definition) is 1. The Kier molecular flexibility index (Phi) is 5.62. The summed E-state index contributed by atoms with van der Waals surface area (Å²) in [5.41, 5.74) is 4.86. The summed E-state index contributed by atoms with van der Waals surface area (Å²) in [4.78, 5) is 15.8. The van der Waals surface area contributed by atoms with Crippen LogP contribution in [0.2, 0.25) is 0 Å². The zero-order chi connectivity index (χ0) is 22.8. The van der Waals surface area contributed by atoms with Crippen molar-refractivity contribution in [3.05, 3.63) is 88.2 Å². The highest BCUT2D eigenvalue weighted by Crippen LogP contribution is 2.28. The molecular formula is C26H24N4O3. The van der Waals surface area contributed by atoms with E-state index in [9.17, 15) is 4.79 Å². The summed E-state index contributed by atoms with van der Waals surface area (Å²) in [5.74, 6) is 0. The Morgan fingerprint density at radius 2 is 1.79 bits per heavy atom. The second-order valence-electron chi connectivity index (χ2n) is 8.05. The van der Waals surface area contributed by atoms with Crippen LogP contribution in [-0.4, -0.2) is 47.5 Å². The fourth-order valence-corrected chi connectivity index (χ4v) is 4.24. The predicted octanol–water partition coefficient (Wildman–Crippen LogP) is 4.01. The average molecular weight is 441 g/mol. The van der Waals surface area contributed by atoms with Crippen molar-refractivity contribution in [3.63, 3.8) is 0 Å². The first-order chi connectivity index (χ1) is 16.2. The number of aryl methyl sites for hydroxylation is 1. The second-order valence-corrected chi connectivity index (χ2v) is 8.05. The molecule has 1 N–H and O–H groups in total. The van der Waals surface area contributed by atoms with Gasteiger partial charge in [0.2, 0.25) is 0 Å². The van der Waals surface area contributed by atoms with Crippen molar-refractivity contribution >= 4 is 22.7 Å². The lowest BCUT2D eigenvalue weighted by Crippen LogP contribution is -2.36. The highest BCUT2D eigenvalue weighted by Gasteiger charge is 2.17. The number of hydrogen-bond acceptors (Lipinski definition) is 6. The molecule has 5 rings (SSSR count). The number of fused-ring (bicyclic) bond motifs is 1. The molecule has 0 amide bonds. The minimum atomic E-state index is -0.162. The molecule has 0 saturated carbocycles. The van der Waals surface area contributed by atoms with E-state index in [4.69, 9.17) is 15.0 Å². The van der Waals surface area contributed by atoms with Crippen LogP contribution in [0.4, 0.5) is 5.69 Å². The monoisotopic (exact) mass is 440 g/mol. The fraction of sp³-hybridized carbons (Fsp3) is 0.192. The Morgan fingerprint density at radius 3 is 2.58 bits per heavy atom. The van der Waals surface area contributed by atoms with E-state index in [2.05, 4.69) is 16.1 Å². The number of morpholine rings is 1. The first-order valence-corrected chi connectivity index (χ1v) is 10.9. The van der Waals surface area contributed by atoms with Crippen molar-refractivity contribution in [2.75, 3.05) is 31.2 Å². The van der Waals surface area contributed by atoms with Crippen molar-refractivity contribution in [2.45, 2.75) is 6.92 Å². The molecule has 1 saturated heterocycles. The predicted molar refractivity (Wildman–Crippen MR) is 130 cm³/mol. The molecule has 0 spiro atoms. The highest BCUT2D eigenvalue weighted by molar-refractivity contribution is 5.95. The molecule has 166 valence electrons. The molecule has 33 heavy (non-hydrogen) atoms. The third-order valence-corrected chi connectivity index (χ3v) is 5.97. The van der Waals surface area contributed by atoms with E-state index in [-0.39, 0.29) is 5.56 Å². The van der Waals surface area contributed by atoms with Crippen LogP contribution in [0.5, 0.6) is 0 Å². The van der Waals surface area contributed by atoms with E-state index >= 15 is 0 Å². The van der Waals surface area contributed by atoms with Crippen LogP contribution < -0.4 is 10.5 Å². The van der Waals surface area contributed by atoms with Gasteiger partial charge < -0.3 is 14.8 Å². The van der Waals surface area contributed by atoms with Gasteiger partial charge in [-0.2, -0.15) is 9.78 Å². The Balaban J connectivity index is 1.73. The maximum atomic E-state index is 13.5. The molecule has 4 aromatic rings. The minimum absolute atomic E-state index is 0.162. The number of ether oxygens (including phenoxy) is 1. The van der Waals surface area contributed by atoms with Gasteiger partial charge in [-0.25, -0.2) is 0 Å². The van der Waals surface area contributed by atoms with Gasteiger partial charge >= 0.3 is 0 Å². The highest BCUT2D eigenvalue weighted by atomic mass is 16.5. The van der Waals surface area contributed by atoms with Crippen molar-refractivity contribution in [2.24, 2.45) is 5.16 Å². The Hall–Kier alpha value is -3.97. The summed E-state index contributed by atoms with van der Waals surface area (Å²) >= 11 is 0. The van der Waals surface area contributed by atoms with Gasteiger partial charge in [0.1, 0.15) is 0 Å². The van der Waals surface area contributed by atoms with Gasteiger partial charge in [-0.05, 0) is 42.3 Å². The quantitative estimate of drug-likeness (QED) is 0.295. The normalized spacial score (nSPS) is 14.3. The summed E-state index contributed by atoms with van der Waals surface area (Å²) in [6, 6.07) is 21.2. The summed E-state index contributed by atoms with van der Waals surface area (Å²) in [6.07, 6.45) is 1.37. The molecule has 1 aliphatic rings. The van der Waals surface area contributed by atoms with Gasteiger partial charge in [-0.15, -0.1) is 0 Å². The smallest absolute Gasteiger partial charge is 0.279 e. The number of rotatable bonds is 4. The molecule has 2 heterocycles. The largest absolute Gasteiger partial charge is 0.411 e. The SMILES string of the molecule is Cc1ccc(N2CCOCC2)cc1-n1nc(-c2cccc(/C=N/O)c2)c2ccccc2c1=O. The zero-order valence-corrected chi connectivity index (χ0v) is 18.3. The molecule has 7 heteroatoms. The van der Waals surface area contributed by atoms with E-state index in [1.165, 1.54) is 10.9 Å². The van der Waals surface area contributed by atoms with Crippen LogP contribution in [0.1, 0.15) is 11.1 Å². The molecule has 0 aliphatic carbocycles. The van der Waals surface area contributed by atoms with E-state index in [1.807, 2.05) is 67.6 Å². The lowest BCUT2D eigenvalue weighted by Gasteiger charge is -2.29. The number of anilines is 1. The van der Waals surface area contributed by atoms with Gasteiger partial charge in [-0.1, -0.05) is 47.6 Å². The van der Waals surface area contributed by atoms with E-state index in [1.54, 1.807) is 0 Å². The first-order valence-electron chi connectivity index (χ1n) is 10.9. The van der Waals surface area contributed by atoms with Crippen molar-refractivity contribution < 1.29 is 9.94 Å². The second kappa shape index (κ2) is 8.88. The molecule has 0 radical (unpaired) electrons. The van der Waals surface area contributed by atoms with Crippen LogP contribution in [0.25, 0.3) is 27.7 Å². The van der Waals surface area contributed by atoms with Crippen molar-refractivity contribution in [3.8, 4) is 16.9 Å². The molecule has 1 aliphatic heterocycles. The Labute approximate surface area is 191 Å². The van der Waals surface area contributed by atoms with Gasteiger partial charge in [0.15, 0.2) is 0 Å². The number of oxime groups is 1. The van der Waals surface area contributed by atoms with Gasteiger partial charge in [0.05, 0.1) is 36.2 Å². The lowest BCUT2D eigenvalue weighted by molar-refractivity contribution is 0.122. The van der Waals surface area contributed by atoms with Crippen molar-refractivity contribution in [1.82, 2.24) is 9.78 Å². The molecular weight excluding hydrogens is 416 g/mol. The average Bonchev–Trinajstić information content (AvgIpc) is 2.86. The first kappa shape index (κ1) is 20.9. The summed E-state index contributed by atoms with van der Waals surface area (Å²) < 4.78 is 6.99. The molecule has 1 fully saturated rings. The minimum Gasteiger partial charge on any atom is -0.411 e. The lowest BCUT2D eigenvalue weighted by atomic mass is 10.0. The fourth-order valence-electron chi connectivity index (χ4n) is 4.24. The van der Waals surface area contributed by atoms with Gasteiger partial charge in [-0.3, -0.25) is 4.79 Å². The zero-order valence-electron chi connectivity index (χ0n) is 18.3. The van der Waals surface area contributed by atoms with E-state index < -0.39 is 0 Å². The summed E-state index contributed by atoms with van der Waals surface area (Å²) in [5, 5.41) is 18.3. The summed E-state index contributed by atoms with van der Waals surface area (Å²) in [6.45, 7) is 4.99. The standard InChI is InChI=1S/C26H24N4O3/c1-18-9-10-21(29-11-13-33-14-12-29)16-24(18)30-26(31)23-8-3-2-7-22(23)25(28-30)20-6-4-5-19(15-20)17-27-32/h2-10,15-17,32H,11-14H2,1H3/b27-17+. The molecule has 3 aromatic carbocycles. The van der Waals surface area contributed by atoms with Crippen LogP contribution in [0.15, 0.2) is 76.7 Å².